The van der Waals surface area contributed by atoms with Gasteiger partial charge in [0, 0.05) is 12.2 Å². The molecule has 0 aromatic carbocycles. The van der Waals surface area contributed by atoms with Crippen molar-refractivity contribution in [2.24, 2.45) is 21.7 Å². The molecule has 4 fully saturated rings. The fraction of sp³-hybridized carbons (Fsp3) is 0.765. The molecule has 0 spiro atoms. The molecule has 4 nitrogen and oxygen atoms in total. The summed E-state index contributed by atoms with van der Waals surface area (Å²) in [6, 6.07) is 2.53. The second kappa shape index (κ2) is 4.10. The van der Waals surface area contributed by atoms with E-state index in [1.165, 1.54) is 0 Å². The Kier molecular flexibility index (Phi) is 2.85. The number of carboxylic acids is 1. The smallest absolute Gasteiger partial charge is 0.330 e. The number of hydrogen-bond acceptors (Lipinski definition) is 3. The van der Waals surface area contributed by atoms with Crippen LogP contribution in [-0.4, -0.2) is 22.8 Å². The minimum atomic E-state index is -0.889. The summed E-state index contributed by atoms with van der Waals surface area (Å²) >= 11 is 0. The van der Waals surface area contributed by atoms with Crippen LogP contribution in [0.5, 0.6) is 0 Å². The van der Waals surface area contributed by atoms with Crippen molar-refractivity contribution in [1.82, 2.24) is 0 Å². The maximum Gasteiger partial charge on any atom is 0.330 e. The lowest BCUT2D eigenvalue weighted by molar-refractivity contribution is -0.173. The number of nitrogens with zero attached hydrogens (tertiary/aromatic N) is 1. The van der Waals surface area contributed by atoms with Crippen molar-refractivity contribution in [1.29, 1.82) is 5.26 Å². The van der Waals surface area contributed by atoms with E-state index in [1.807, 2.05) is 6.08 Å². The number of aliphatic carboxylic acids is 1. The van der Waals surface area contributed by atoms with Crippen molar-refractivity contribution in [3.8, 4) is 6.07 Å². The van der Waals surface area contributed by atoms with E-state index in [-0.39, 0.29) is 28.3 Å². The van der Waals surface area contributed by atoms with Crippen molar-refractivity contribution in [3.05, 3.63) is 11.6 Å². The van der Waals surface area contributed by atoms with Crippen molar-refractivity contribution < 1.29 is 15.0 Å². The number of aliphatic hydroxyl groups excluding tert-OH is 1. The first-order valence-corrected chi connectivity index (χ1v) is 7.64. The number of carbonyl (C=O) groups is 1. The normalized spacial score (nSPS) is 48.2. The van der Waals surface area contributed by atoms with Crippen molar-refractivity contribution in [3.63, 3.8) is 0 Å². The molecule has 4 aliphatic rings. The Morgan fingerprint density at radius 1 is 1.24 bits per heavy atom. The summed E-state index contributed by atoms with van der Waals surface area (Å²) in [4.78, 5) is 11.2. The van der Waals surface area contributed by atoms with Crippen LogP contribution in [0, 0.1) is 33.0 Å². The number of aliphatic hydroxyl groups is 1. The van der Waals surface area contributed by atoms with Gasteiger partial charge in [0.15, 0.2) is 0 Å². The summed E-state index contributed by atoms with van der Waals surface area (Å²) in [6.45, 7) is 3.95. The highest BCUT2D eigenvalue weighted by Crippen LogP contribution is 2.73. The maximum absolute atomic E-state index is 11.2. The zero-order valence-electron chi connectivity index (χ0n) is 12.8. The minimum Gasteiger partial charge on any atom is -0.478 e. The lowest BCUT2D eigenvalue weighted by Gasteiger charge is -2.67. The molecule has 0 saturated heterocycles. The van der Waals surface area contributed by atoms with E-state index in [2.05, 4.69) is 13.0 Å². The fourth-order valence-corrected chi connectivity index (χ4v) is 6.42. The van der Waals surface area contributed by atoms with Crippen molar-refractivity contribution in [2.45, 2.75) is 52.4 Å². The van der Waals surface area contributed by atoms with Crippen LogP contribution in [0.2, 0.25) is 0 Å². The Morgan fingerprint density at radius 2 is 1.95 bits per heavy atom. The first-order valence-electron chi connectivity index (χ1n) is 7.64. The van der Waals surface area contributed by atoms with Gasteiger partial charge < -0.3 is 10.2 Å². The summed E-state index contributed by atoms with van der Waals surface area (Å²) in [6.07, 6.45) is 7.02. The van der Waals surface area contributed by atoms with E-state index in [0.717, 1.165) is 38.5 Å². The van der Waals surface area contributed by atoms with E-state index in [1.54, 1.807) is 6.92 Å². The van der Waals surface area contributed by atoms with Crippen LogP contribution in [0.4, 0.5) is 0 Å². The Morgan fingerprint density at radius 3 is 2.52 bits per heavy atom. The highest BCUT2D eigenvalue weighted by molar-refractivity contribution is 5.85. The molecule has 0 heterocycles. The summed E-state index contributed by atoms with van der Waals surface area (Å²) in [5, 5.41) is 28.9. The first-order chi connectivity index (χ1) is 9.69. The molecule has 0 aromatic rings. The number of rotatable bonds is 3. The third-order valence-electron chi connectivity index (χ3n) is 5.91. The van der Waals surface area contributed by atoms with Crippen LogP contribution in [0.15, 0.2) is 11.6 Å². The van der Waals surface area contributed by atoms with Crippen LogP contribution in [0.3, 0.4) is 0 Å². The van der Waals surface area contributed by atoms with Gasteiger partial charge in [-0.05, 0) is 61.7 Å². The Balaban J connectivity index is 2.10. The second-order valence-corrected chi connectivity index (χ2v) is 8.42. The quantitative estimate of drug-likeness (QED) is 0.783. The molecule has 4 bridgehead atoms. The Bertz CT molecular complexity index is 577. The topological polar surface area (TPSA) is 81.3 Å². The number of carboxylic acid groups (broad SMARTS) is 1. The monoisotopic (exact) mass is 289 g/mol. The molecule has 4 heteroatoms. The SMILES string of the molecule is CC(=CC12CC3(C)CC(C#N)(C1)CC(CO)(C3)C2)C(=O)O. The van der Waals surface area contributed by atoms with Gasteiger partial charge in [-0.25, -0.2) is 4.79 Å². The first kappa shape index (κ1) is 14.6. The standard InChI is InChI=1S/C17H23NO3/c1-12(13(20)21)3-15-4-14(2)5-16(7-15,10-18)9-17(6-14,8-15)11-19/h3,19H,4-9,11H2,1-2H3,(H,20,21). The highest BCUT2D eigenvalue weighted by Gasteiger charge is 2.66. The lowest BCUT2D eigenvalue weighted by Crippen LogP contribution is -2.60. The third kappa shape index (κ3) is 2.10. The highest BCUT2D eigenvalue weighted by atomic mass is 16.4. The molecule has 2 N–H and O–H groups in total. The van der Waals surface area contributed by atoms with E-state index in [4.69, 9.17) is 0 Å². The average Bonchev–Trinajstić information content (AvgIpc) is 2.35. The van der Waals surface area contributed by atoms with Crippen LogP contribution in [0.1, 0.15) is 52.4 Å². The molecule has 0 amide bonds. The number of hydrogen-bond donors (Lipinski definition) is 2. The maximum atomic E-state index is 11.2. The number of allylic oxidation sites excluding steroid dienone is 1. The average molecular weight is 289 g/mol. The van der Waals surface area contributed by atoms with Crippen molar-refractivity contribution >= 4 is 5.97 Å². The molecule has 4 saturated carbocycles. The van der Waals surface area contributed by atoms with Crippen LogP contribution in [0.25, 0.3) is 0 Å². The van der Waals surface area contributed by atoms with E-state index >= 15 is 0 Å². The van der Waals surface area contributed by atoms with Gasteiger partial charge in [0.1, 0.15) is 0 Å². The van der Waals surface area contributed by atoms with E-state index in [0.29, 0.717) is 5.57 Å². The van der Waals surface area contributed by atoms with Gasteiger partial charge in [-0.15, -0.1) is 0 Å². The van der Waals surface area contributed by atoms with Gasteiger partial charge in [-0.3, -0.25) is 0 Å². The molecule has 4 unspecified atom stereocenters. The van der Waals surface area contributed by atoms with Crippen molar-refractivity contribution in [2.75, 3.05) is 6.61 Å². The molecular weight excluding hydrogens is 266 g/mol. The minimum absolute atomic E-state index is 0.0441. The zero-order valence-corrected chi connectivity index (χ0v) is 12.8. The summed E-state index contributed by atoms with van der Waals surface area (Å²) in [5.74, 6) is -0.889. The molecule has 0 aromatic heterocycles. The summed E-state index contributed by atoms with van der Waals surface area (Å²) in [7, 11) is 0. The number of nitriles is 1. The third-order valence-corrected chi connectivity index (χ3v) is 5.91. The Labute approximate surface area is 125 Å². The largest absolute Gasteiger partial charge is 0.478 e. The van der Waals surface area contributed by atoms with E-state index < -0.39 is 5.97 Å². The predicted molar refractivity (Wildman–Crippen MR) is 77.2 cm³/mol. The summed E-state index contributed by atoms with van der Waals surface area (Å²) < 4.78 is 0. The van der Waals surface area contributed by atoms with Gasteiger partial charge in [0.2, 0.25) is 0 Å². The molecule has 4 atom stereocenters. The summed E-state index contributed by atoms with van der Waals surface area (Å²) in [5.41, 5.74) is -0.412. The molecular formula is C17H23NO3. The van der Waals surface area contributed by atoms with Gasteiger partial charge >= 0.3 is 5.97 Å². The van der Waals surface area contributed by atoms with Crippen LogP contribution >= 0.6 is 0 Å². The molecule has 4 rings (SSSR count). The van der Waals surface area contributed by atoms with Crippen LogP contribution < -0.4 is 0 Å². The Hall–Kier alpha value is -1.34. The van der Waals surface area contributed by atoms with E-state index in [9.17, 15) is 20.3 Å². The molecule has 0 radical (unpaired) electrons. The fourth-order valence-electron chi connectivity index (χ4n) is 6.42. The molecule has 21 heavy (non-hydrogen) atoms. The van der Waals surface area contributed by atoms with Gasteiger partial charge in [-0.1, -0.05) is 13.0 Å². The van der Waals surface area contributed by atoms with Gasteiger partial charge in [0.25, 0.3) is 0 Å². The van der Waals surface area contributed by atoms with Gasteiger partial charge in [-0.2, -0.15) is 5.26 Å². The molecule has 114 valence electrons. The second-order valence-electron chi connectivity index (χ2n) is 8.42. The predicted octanol–water partition coefficient (Wildman–Crippen LogP) is 2.88. The molecule has 4 aliphatic carbocycles. The van der Waals surface area contributed by atoms with Crippen LogP contribution in [-0.2, 0) is 4.79 Å². The van der Waals surface area contributed by atoms with Gasteiger partial charge in [0.05, 0.1) is 11.5 Å². The molecule has 0 aliphatic heterocycles. The lowest BCUT2D eigenvalue weighted by atomic mass is 9.36. The zero-order chi connectivity index (χ0) is 15.5.